The number of hydrogen-bond acceptors (Lipinski definition) is 5. The van der Waals surface area contributed by atoms with Gasteiger partial charge in [0, 0.05) is 32.4 Å². The molecule has 0 aliphatic heterocycles. The monoisotopic (exact) mass is 413 g/mol. The highest BCUT2D eigenvalue weighted by atomic mass is 35.5. The molecule has 10 heteroatoms. The molecule has 1 aromatic rings. The maximum Gasteiger partial charge on any atom is 0.244 e. The second-order valence-electron chi connectivity index (χ2n) is 5.08. The van der Waals surface area contributed by atoms with Crippen LogP contribution >= 0.6 is 24.0 Å². The molecule has 0 saturated carbocycles. The maximum atomic E-state index is 12.6. The fourth-order valence-electron chi connectivity index (χ4n) is 2.16. The number of ether oxygens (including phenoxy) is 1. The van der Waals surface area contributed by atoms with Crippen LogP contribution in [-0.4, -0.2) is 51.5 Å². The molecule has 0 radical (unpaired) electrons. The van der Waals surface area contributed by atoms with Gasteiger partial charge in [0.1, 0.15) is 4.90 Å². The van der Waals surface area contributed by atoms with Crippen LogP contribution in [0, 0.1) is 0 Å². The number of methoxy groups -OCH3 is 1. The van der Waals surface area contributed by atoms with Gasteiger partial charge in [0.25, 0.3) is 0 Å². The van der Waals surface area contributed by atoms with Crippen LogP contribution in [0.15, 0.2) is 23.1 Å². The van der Waals surface area contributed by atoms with Gasteiger partial charge < -0.3 is 15.8 Å². The minimum atomic E-state index is -3.72. The number of hydrogen-bond donors (Lipinski definition) is 2. The first-order valence-electron chi connectivity index (χ1n) is 7.62. The normalized spacial score (nSPS) is 12.6. The van der Waals surface area contributed by atoms with Gasteiger partial charge in [-0.1, -0.05) is 25.4 Å². The van der Waals surface area contributed by atoms with Gasteiger partial charge in [-0.2, -0.15) is 4.31 Å². The van der Waals surface area contributed by atoms with Crippen molar-refractivity contribution in [2.45, 2.75) is 31.3 Å². The third kappa shape index (κ3) is 6.40. The summed E-state index contributed by atoms with van der Waals surface area (Å²) in [5, 5.41) is 2.75. The molecular formula is C15H25Cl2N3O4S. The molecule has 25 heavy (non-hydrogen) atoms. The topological polar surface area (TPSA) is 102 Å². The quantitative estimate of drug-likeness (QED) is 0.644. The Hall–Kier alpha value is -0.900. The van der Waals surface area contributed by atoms with E-state index in [1.54, 1.807) is 19.9 Å². The molecule has 144 valence electrons. The number of benzene rings is 1. The molecule has 7 nitrogen and oxygen atoms in total. The van der Waals surface area contributed by atoms with Gasteiger partial charge in [0.2, 0.25) is 15.9 Å². The van der Waals surface area contributed by atoms with E-state index in [0.29, 0.717) is 18.8 Å². The van der Waals surface area contributed by atoms with Gasteiger partial charge in [-0.15, -0.1) is 12.4 Å². The number of nitrogens with two attached hydrogens (primary N) is 1. The highest BCUT2D eigenvalue weighted by molar-refractivity contribution is 7.89. The summed E-state index contributed by atoms with van der Waals surface area (Å²) in [4.78, 5) is 12.0. The Bertz CT molecular complexity index is 663. The molecule has 0 heterocycles. The number of halogens is 2. The Kier molecular flexibility index (Phi) is 10.6. The summed E-state index contributed by atoms with van der Waals surface area (Å²) in [6, 6.07) is 4.36. The predicted molar refractivity (Wildman–Crippen MR) is 102 cm³/mol. The zero-order valence-corrected chi connectivity index (χ0v) is 16.9. The molecule has 0 bridgehead atoms. The molecule has 0 aliphatic rings. The van der Waals surface area contributed by atoms with Crippen LogP contribution in [0.4, 0.5) is 5.69 Å². The summed E-state index contributed by atoms with van der Waals surface area (Å²) in [6.07, 6.45) is -0.315. The zero-order valence-electron chi connectivity index (χ0n) is 14.5. The lowest BCUT2D eigenvalue weighted by Crippen LogP contribution is -2.31. The highest BCUT2D eigenvalue weighted by Crippen LogP contribution is 2.27. The molecule has 0 aromatic heterocycles. The predicted octanol–water partition coefficient (Wildman–Crippen LogP) is 2.09. The smallest absolute Gasteiger partial charge is 0.244 e. The van der Waals surface area contributed by atoms with E-state index in [4.69, 9.17) is 22.1 Å². The number of rotatable bonds is 9. The first kappa shape index (κ1) is 24.1. The molecule has 1 atom stereocenters. The Morgan fingerprint density at radius 1 is 1.36 bits per heavy atom. The van der Waals surface area contributed by atoms with E-state index < -0.39 is 16.1 Å². The van der Waals surface area contributed by atoms with Crippen molar-refractivity contribution in [3.05, 3.63) is 23.2 Å². The van der Waals surface area contributed by atoms with Crippen molar-refractivity contribution in [1.82, 2.24) is 4.31 Å². The molecule has 0 saturated heterocycles. The number of nitrogens with one attached hydrogen (secondary N) is 1. The summed E-state index contributed by atoms with van der Waals surface area (Å²) in [5.41, 5.74) is 5.83. The molecule has 3 N–H and O–H groups in total. The number of nitrogens with zero attached hydrogens (tertiary/aromatic N) is 1. The molecule has 0 aliphatic carbocycles. The van der Waals surface area contributed by atoms with E-state index in [1.807, 2.05) is 0 Å². The molecule has 0 fully saturated rings. The van der Waals surface area contributed by atoms with Crippen LogP contribution in [0.3, 0.4) is 0 Å². The van der Waals surface area contributed by atoms with Crippen molar-refractivity contribution in [1.29, 1.82) is 0 Å². The summed E-state index contributed by atoms with van der Waals surface area (Å²) < 4.78 is 31.6. The minimum Gasteiger partial charge on any atom is -0.380 e. The van der Waals surface area contributed by atoms with E-state index in [1.165, 1.54) is 23.5 Å². The summed E-state index contributed by atoms with van der Waals surface area (Å²) in [7, 11) is -2.24. The Labute approximate surface area is 160 Å². The van der Waals surface area contributed by atoms with Crippen LogP contribution in [0.1, 0.15) is 20.3 Å². The van der Waals surface area contributed by atoms with Crippen LogP contribution < -0.4 is 11.1 Å². The number of sulfonamides is 1. The summed E-state index contributed by atoms with van der Waals surface area (Å²) in [5.74, 6) is -0.319. The lowest BCUT2D eigenvalue weighted by atomic mass is 10.2. The number of carbonyl (C=O) groups excluding carboxylic acids is 1. The number of anilines is 1. The Morgan fingerprint density at radius 2 is 1.96 bits per heavy atom. The van der Waals surface area contributed by atoms with Crippen molar-refractivity contribution >= 4 is 45.6 Å². The molecule has 0 spiro atoms. The zero-order chi connectivity index (χ0) is 18.3. The fourth-order valence-corrected chi connectivity index (χ4v) is 4.12. The Balaban J connectivity index is 0.00000576. The van der Waals surface area contributed by atoms with Crippen LogP contribution in [0.5, 0.6) is 0 Å². The largest absolute Gasteiger partial charge is 0.380 e. The van der Waals surface area contributed by atoms with Gasteiger partial charge >= 0.3 is 0 Å². The summed E-state index contributed by atoms with van der Waals surface area (Å²) >= 11 is 6.05. The summed E-state index contributed by atoms with van der Waals surface area (Å²) in [6.45, 7) is 4.37. The van der Waals surface area contributed by atoms with Crippen molar-refractivity contribution < 1.29 is 17.9 Å². The van der Waals surface area contributed by atoms with Gasteiger partial charge in [-0.3, -0.25) is 4.79 Å². The lowest BCUT2D eigenvalue weighted by molar-refractivity contribution is -0.118. The molecular weight excluding hydrogens is 389 g/mol. The first-order valence-corrected chi connectivity index (χ1v) is 9.44. The number of amides is 1. The lowest BCUT2D eigenvalue weighted by Gasteiger charge is -2.20. The molecule has 1 amide bonds. The Morgan fingerprint density at radius 3 is 2.44 bits per heavy atom. The van der Waals surface area contributed by atoms with E-state index >= 15 is 0 Å². The van der Waals surface area contributed by atoms with Crippen molar-refractivity contribution in [2.24, 2.45) is 5.73 Å². The maximum absolute atomic E-state index is 12.6. The van der Waals surface area contributed by atoms with Crippen LogP contribution in [0.25, 0.3) is 0 Å². The standard InChI is InChI=1S/C15H24ClN3O4S.ClH/c1-4-19(5-2)24(21,22)14-8-11(6-7-13(14)16)18-15(20)9-12(10-17)23-3;/h6-8,12H,4-5,9-10,17H2,1-3H3,(H,18,20);1H. The average Bonchev–Trinajstić information content (AvgIpc) is 2.55. The van der Waals surface area contributed by atoms with Crippen molar-refractivity contribution in [3.63, 3.8) is 0 Å². The van der Waals surface area contributed by atoms with Gasteiger partial charge in [-0.25, -0.2) is 8.42 Å². The fraction of sp³-hybridized carbons (Fsp3) is 0.533. The van der Waals surface area contributed by atoms with E-state index in [0.717, 1.165) is 0 Å². The third-order valence-corrected chi connectivity index (χ3v) is 6.08. The first-order chi connectivity index (χ1) is 11.3. The van der Waals surface area contributed by atoms with Crippen molar-refractivity contribution in [3.8, 4) is 0 Å². The average molecular weight is 414 g/mol. The number of carbonyl (C=O) groups is 1. The molecule has 1 aromatic carbocycles. The van der Waals surface area contributed by atoms with Gasteiger partial charge in [0.05, 0.1) is 17.5 Å². The highest BCUT2D eigenvalue weighted by Gasteiger charge is 2.25. The van der Waals surface area contributed by atoms with E-state index in [9.17, 15) is 13.2 Å². The van der Waals surface area contributed by atoms with Gasteiger partial charge in [0.15, 0.2) is 0 Å². The SMILES string of the molecule is CCN(CC)S(=O)(=O)c1cc(NC(=O)CC(CN)OC)ccc1Cl.Cl. The van der Waals surface area contributed by atoms with E-state index in [2.05, 4.69) is 5.32 Å². The van der Waals surface area contributed by atoms with E-state index in [-0.39, 0.29) is 41.2 Å². The van der Waals surface area contributed by atoms with Crippen LogP contribution in [-0.2, 0) is 19.6 Å². The molecule has 1 rings (SSSR count). The molecule has 1 unspecified atom stereocenters. The van der Waals surface area contributed by atoms with Crippen LogP contribution in [0.2, 0.25) is 5.02 Å². The second kappa shape index (κ2) is 10.9. The van der Waals surface area contributed by atoms with Gasteiger partial charge in [-0.05, 0) is 18.2 Å². The minimum absolute atomic E-state index is 0. The van der Waals surface area contributed by atoms with Crippen molar-refractivity contribution in [2.75, 3.05) is 32.1 Å². The second-order valence-corrected chi connectivity index (χ2v) is 7.39. The third-order valence-electron chi connectivity index (χ3n) is 3.55.